The number of carbonyl (C=O) groups is 1. The summed E-state index contributed by atoms with van der Waals surface area (Å²) in [7, 11) is 0. The zero-order valence-electron chi connectivity index (χ0n) is 14.6. The van der Waals surface area contributed by atoms with Crippen LogP contribution >= 0.6 is 0 Å². The van der Waals surface area contributed by atoms with Crippen LogP contribution in [0.25, 0.3) is 0 Å². The number of fused-ring (bicyclic) bond motifs is 1. The van der Waals surface area contributed by atoms with E-state index in [1.165, 1.54) is 0 Å². The molecular weight excluding hydrogens is 355 g/mol. The number of benzene rings is 2. The van der Waals surface area contributed by atoms with Gasteiger partial charge in [0.25, 0.3) is 5.91 Å². The number of alkyl halides is 3. The second-order valence-corrected chi connectivity index (χ2v) is 6.99. The van der Waals surface area contributed by atoms with Crippen molar-refractivity contribution in [2.75, 3.05) is 23.3 Å². The van der Waals surface area contributed by atoms with E-state index in [1.54, 1.807) is 6.07 Å². The van der Waals surface area contributed by atoms with Crippen molar-refractivity contribution in [3.05, 3.63) is 53.6 Å². The fraction of sp³-hybridized carbons (Fsp3) is 0.350. The molecule has 142 valence electrons. The summed E-state index contributed by atoms with van der Waals surface area (Å²) in [5.74, 6) is -1.25. The van der Waals surface area contributed by atoms with Gasteiger partial charge in [0.05, 0.1) is 5.92 Å². The quantitative estimate of drug-likeness (QED) is 0.833. The molecule has 1 fully saturated rings. The van der Waals surface area contributed by atoms with E-state index in [2.05, 4.69) is 10.6 Å². The van der Waals surface area contributed by atoms with E-state index in [0.29, 0.717) is 25.2 Å². The highest BCUT2D eigenvalue weighted by molar-refractivity contribution is 6.00. The summed E-state index contributed by atoms with van der Waals surface area (Å²) in [6.45, 7) is 1.33. The topological polar surface area (TPSA) is 44.4 Å². The molecule has 2 aliphatic heterocycles. The number of rotatable bonds is 3. The Hall–Kier alpha value is -2.70. The summed E-state index contributed by atoms with van der Waals surface area (Å²) < 4.78 is 38.4. The van der Waals surface area contributed by atoms with Crippen LogP contribution in [-0.2, 0) is 6.54 Å². The van der Waals surface area contributed by atoms with Gasteiger partial charge in [-0.1, -0.05) is 6.07 Å². The van der Waals surface area contributed by atoms with Crippen molar-refractivity contribution in [2.45, 2.75) is 25.6 Å². The number of hydrogen-bond acceptors (Lipinski definition) is 3. The maximum absolute atomic E-state index is 12.8. The van der Waals surface area contributed by atoms with Gasteiger partial charge in [0.2, 0.25) is 0 Å². The van der Waals surface area contributed by atoms with E-state index in [9.17, 15) is 18.0 Å². The van der Waals surface area contributed by atoms with Gasteiger partial charge in [-0.15, -0.1) is 0 Å². The summed E-state index contributed by atoms with van der Waals surface area (Å²) in [5, 5.41) is 6.13. The van der Waals surface area contributed by atoms with Crippen molar-refractivity contribution >= 4 is 23.0 Å². The number of amides is 1. The van der Waals surface area contributed by atoms with Gasteiger partial charge in [-0.05, 0) is 49.2 Å². The van der Waals surface area contributed by atoms with E-state index in [1.807, 2.05) is 41.3 Å². The molecule has 4 nitrogen and oxygen atoms in total. The Balaban J connectivity index is 1.43. The lowest BCUT2D eigenvalue weighted by atomic mass is 9.96. The fourth-order valence-corrected chi connectivity index (χ4v) is 3.75. The molecule has 0 saturated carbocycles. The number of carbonyl (C=O) groups excluding carboxylic acids is 1. The van der Waals surface area contributed by atoms with Gasteiger partial charge < -0.3 is 15.5 Å². The highest BCUT2D eigenvalue weighted by atomic mass is 19.4. The van der Waals surface area contributed by atoms with E-state index in [0.717, 1.165) is 22.6 Å². The minimum Gasteiger partial charge on any atom is -0.372 e. The summed E-state index contributed by atoms with van der Waals surface area (Å²) >= 11 is 0. The molecule has 27 heavy (non-hydrogen) atoms. The molecule has 2 heterocycles. The number of nitrogens with zero attached hydrogens (tertiary/aromatic N) is 1. The van der Waals surface area contributed by atoms with E-state index < -0.39 is 12.1 Å². The molecule has 2 aromatic rings. The average molecular weight is 375 g/mol. The van der Waals surface area contributed by atoms with E-state index >= 15 is 0 Å². The third-order valence-electron chi connectivity index (χ3n) is 5.32. The molecule has 0 atom stereocenters. The molecule has 0 spiro atoms. The van der Waals surface area contributed by atoms with Crippen LogP contribution in [0.15, 0.2) is 42.5 Å². The maximum Gasteiger partial charge on any atom is 0.391 e. The Morgan fingerprint density at radius 1 is 1.04 bits per heavy atom. The van der Waals surface area contributed by atoms with Crippen LogP contribution in [0.2, 0.25) is 0 Å². The highest BCUT2D eigenvalue weighted by Crippen LogP contribution is 2.35. The summed E-state index contributed by atoms with van der Waals surface area (Å²) in [6.07, 6.45) is -3.81. The molecule has 7 heteroatoms. The smallest absolute Gasteiger partial charge is 0.372 e. The van der Waals surface area contributed by atoms with Crippen LogP contribution in [0.1, 0.15) is 28.8 Å². The van der Waals surface area contributed by atoms with Gasteiger partial charge in [0.15, 0.2) is 0 Å². The normalized spacial score (nSPS) is 17.6. The van der Waals surface area contributed by atoms with Crippen molar-refractivity contribution < 1.29 is 18.0 Å². The molecule has 0 radical (unpaired) electrons. The molecule has 0 aromatic heterocycles. The number of nitrogens with one attached hydrogen (secondary N) is 2. The lowest BCUT2D eigenvalue weighted by Gasteiger charge is -2.34. The molecule has 0 bridgehead atoms. The van der Waals surface area contributed by atoms with Crippen LogP contribution < -0.4 is 15.5 Å². The number of halogens is 3. The number of hydrogen-bond donors (Lipinski definition) is 2. The SMILES string of the molecule is O=C1NCc2c(Nc3ccc(N4CCC(C(F)(F)F)CC4)cc3)cccc21. The number of anilines is 3. The molecule has 4 rings (SSSR count). The Bertz CT molecular complexity index is 841. The lowest BCUT2D eigenvalue weighted by Crippen LogP contribution is -2.38. The van der Waals surface area contributed by atoms with Crippen molar-refractivity contribution in [3.8, 4) is 0 Å². The largest absolute Gasteiger partial charge is 0.391 e. The molecule has 0 aliphatic carbocycles. The maximum atomic E-state index is 12.8. The van der Waals surface area contributed by atoms with Crippen molar-refractivity contribution in [1.82, 2.24) is 5.32 Å². The second-order valence-electron chi connectivity index (χ2n) is 6.99. The highest BCUT2D eigenvalue weighted by Gasteiger charge is 2.41. The van der Waals surface area contributed by atoms with E-state index in [4.69, 9.17) is 0 Å². The molecule has 2 aliphatic rings. The zero-order valence-corrected chi connectivity index (χ0v) is 14.6. The van der Waals surface area contributed by atoms with Crippen molar-refractivity contribution in [3.63, 3.8) is 0 Å². The van der Waals surface area contributed by atoms with Gasteiger partial charge in [0.1, 0.15) is 0 Å². The Labute approximate surface area is 155 Å². The van der Waals surface area contributed by atoms with Crippen LogP contribution in [0.5, 0.6) is 0 Å². The van der Waals surface area contributed by atoms with Gasteiger partial charge in [-0.3, -0.25) is 4.79 Å². The summed E-state index contributed by atoms with van der Waals surface area (Å²) in [6, 6.07) is 13.2. The minimum atomic E-state index is -4.09. The first-order chi connectivity index (χ1) is 12.9. The fourth-order valence-electron chi connectivity index (χ4n) is 3.75. The Morgan fingerprint density at radius 2 is 1.74 bits per heavy atom. The monoisotopic (exact) mass is 375 g/mol. The molecule has 1 amide bonds. The molecule has 0 unspecified atom stereocenters. The van der Waals surface area contributed by atoms with Crippen LogP contribution in [0.3, 0.4) is 0 Å². The standard InChI is InChI=1S/C20H20F3N3O/c21-20(22,23)13-8-10-26(11-9-13)15-6-4-14(5-7-15)25-18-3-1-2-16-17(18)12-24-19(16)27/h1-7,13,25H,8-12H2,(H,24,27). The first kappa shape index (κ1) is 17.7. The first-order valence-corrected chi connectivity index (χ1v) is 9.00. The van der Waals surface area contributed by atoms with E-state index in [-0.39, 0.29) is 18.7 Å². The predicted molar refractivity (Wildman–Crippen MR) is 98.3 cm³/mol. The van der Waals surface area contributed by atoms with Crippen molar-refractivity contribution in [1.29, 1.82) is 0 Å². The summed E-state index contributed by atoms with van der Waals surface area (Å²) in [4.78, 5) is 13.8. The third kappa shape index (κ3) is 3.59. The van der Waals surface area contributed by atoms with Crippen LogP contribution in [0.4, 0.5) is 30.2 Å². The van der Waals surface area contributed by atoms with Gasteiger partial charge in [-0.2, -0.15) is 13.2 Å². The number of piperidine rings is 1. The molecule has 1 saturated heterocycles. The van der Waals surface area contributed by atoms with Gasteiger partial charge in [-0.25, -0.2) is 0 Å². The summed E-state index contributed by atoms with van der Waals surface area (Å²) in [5.41, 5.74) is 4.31. The second kappa shape index (κ2) is 6.79. The predicted octanol–water partition coefficient (Wildman–Crippen LogP) is 4.45. The average Bonchev–Trinajstić information content (AvgIpc) is 3.04. The van der Waals surface area contributed by atoms with Gasteiger partial charge >= 0.3 is 6.18 Å². The first-order valence-electron chi connectivity index (χ1n) is 9.00. The zero-order chi connectivity index (χ0) is 19.0. The molecular formula is C20H20F3N3O. The molecule has 2 N–H and O–H groups in total. The Morgan fingerprint density at radius 3 is 2.41 bits per heavy atom. The van der Waals surface area contributed by atoms with Crippen LogP contribution in [-0.4, -0.2) is 25.2 Å². The molecule has 2 aromatic carbocycles. The minimum absolute atomic E-state index is 0.0637. The van der Waals surface area contributed by atoms with Gasteiger partial charge in [0, 0.05) is 47.8 Å². The third-order valence-corrected chi connectivity index (χ3v) is 5.32. The lowest BCUT2D eigenvalue weighted by molar-refractivity contribution is -0.179. The van der Waals surface area contributed by atoms with Crippen LogP contribution in [0, 0.1) is 5.92 Å². The Kier molecular flexibility index (Phi) is 4.45. The van der Waals surface area contributed by atoms with Crippen molar-refractivity contribution in [2.24, 2.45) is 5.92 Å².